The number of nitrogens with one attached hydrogen (secondary N) is 1. The van der Waals surface area contributed by atoms with E-state index in [9.17, 15) is 8.42 Å². The molecule has 1 aromatic heterocycles. The van der Waals surface area contributed by atoms with Crippen molar-refractivity contribution in [1.82, 2.24) is 9.78 Å². The van der Waals surface area contributed by atoms with Crippen molar-refractivity contribution in [1.29, 1.82) is 0 Å². The molecule has 2 aromatic carbocycles. The number of aromatic nitrogens is 2. The number of halogens is 1. The Morgan fingerprint density at radius 3 is 2.52 bits per heavy atom. The first-order chi connectivity index (χ1) is 12.0. The Morgan fingerprint density at radius 2 is 1.88 bits per heavy atom. The molecular weight excluding hydrogens is 362 g/mol. The highest BCUT2D eigenvalue weighted by molar-refractivity contribution is 7.92. The number of anilines is 1. The summed E-state index contributed by atoms with van der Waals surface area (Å²) >= 11 is 6.05. The minimum absolute atomic E-state index is 0.116. The third-order valence-corrected chi connectivity index (χ3v) is 5.06. The summed E-state index contributed by atoms with van der Waals surface area (Å²) in [4.78, 5) is 0.116. The summed E-state index contributed by atoms with van der Waals surface area (Å²) in [5.41, 5.74) is 0.427. The number of sulfonamides is 1. The average molecular weight is 378 g/mol. The van der Waals surface area contributed by atoms with Crippen molar-refractivity contribution in [2.45, 2.75) is 18.4 Å². The second kappa shape index (κ2) is 7.16. The lowest BCUT2D eigenvalue weighted by Gasteiger charge is -2.09. The van der Waals surface area contributed by atoms with Crippen LogP contribution in [0.1, 0.15) is 6.92 Å². The van der Waals surface area contributed by atoms with Crippen LogP contribution in [0.5, 0.6) is 11.5 Å². The fourth-order valence-electron chi connectivity index (χ4n) is 2.12. The Bertz CT molecular complexity index is 969. The van der Waals surface area contributed by atoms with Gasteiger partial charge < -0.3 is 4.74 Å². The fraction of sp³-hybridized carbons (Fsp3) is 0.118. The second-order valence-electron chi connectivity index (χ2n) is 5.19. The van der Waals surface area contributed by atoms with Gasteiger partial charge in [0.25, 0.3) is 10.0 Å². The van der Waals surface area contributed by atoms with Crippen LogP contribution in [0, 0.1) is 0 Å². The average Bonchev–Trinajstić information content (AvgIpc) is 3.09. The molecule has 0 unspecified atom stereocenters. The van der Waals surface area contributed by atoms with E-state index in [1.165, 1.54) is 12.4 Å². The van der Waals surface area contributed by atoms with Crippen molar-refractivity contribution < 1.29 is 13.2 Å². The zero-order chi connectivity index (χ0) is 17.9. The van der Waals surface area contributed by atoms with Gasteiger partial charge in [-0.3, -0.25) is 9.40 Å². The molecule has 0 atom stereocenters. The normalized spacial score (nSPS) is 11.3. The summed E-state index contributed by atoms with van der Waals surface area (Å²) in [5, 5.41) is 4.48. The van der Waals surface area contributed by atoms with Gasteiger partial charge in [0.15, 0.2) is 0 Å². The van der Waals surface area contributed by atoms with Gasteiger partial charge in [-0.05, 0) is 43.3 Å². The lowest BCUT2D eigenvalue weighted by molar-refractivity contribution is 0.483. The number of para-hydroxylation sites is 1. The maximum Gasteiger partial charge on any atom is 0.265 e. The largest absolute Gasteiger partial charge is 0.456 e. The molecule has 1 heterocycles. The molecule has 0 amide bonds. The van der Waals surface area contributed by atoms with Crippen LogP contribution in [0.25, 0.3) is 0 Å². The Hall–Kier alpha value is -2.51. The summed E-state index contributed by atoms with van der Waals surface area (Å²) in [7, 11) is -3.68. The van der Waals surface area contributed by atoms with Crippen LogP contribution >= 0.6 is 11.6 Å². The molecule has 0 aliphatic rings. The molecule has 1 N–H and O–H groups in total. The van der Waals surface area contributed by atoms with Gasteiger partial charge in [0, 0.05) is 18.4 Å². The lowest BCUT2D eigenvalue weighted by atomic mass is 10.3. The predicted octanol–water partition coefficient (Wildman–Crippen LogP) is 4.15. The molecule has 0 aliphatic heterocycles. The van der Waals surface area contributed by atoms with Crippen molar-refractivity contribution in [2.75, 3.05) is 4.72 Å². The second-order valence-corrected chi connectivity index (χ2v) is 7.28. The first kappa shape index (κ1) is 17.3. The van der Waals surface area contributed by atoms with Crippen molar-refractivity contribution >= 4 is 27.3 Å². The van der Waals surface area contributed by atoms with Gasteiger partial charge >= 0.3 is 0 Å². The van der Waals surface area contributed by atoms with Gasteiger partial charge in [0.05, 0.1) is 11.2 Å². The van der Waals surface area contributed by atoms with E-state index in [2.05, 4.69) is 9.82 Å². The van der Waals surface area contributed by atoms with E-state index in [0.717, 1.165) is 0 Å². The van der Waals surface area contributed by atoms with E-state index >= 15 is 0 Å². The molecule has 0 radical (unpaired) electrons. The van der Waals surface area contributed by atoms with Crippen molar-refractivity contribution in [3.63, 3.8) is 0 Å². The molecule has 0 fully saturated rings. The van der Waals surface area contributed by atoms with Crippen LogP contribution in [0.3, 0.4) is 0 Å². The molecule has 3 aromatic rings. The summed E-state index contributed by atoms with van der Waals surface area (Å²) in [6.45, 7) is 2.48. The lowest BCUT2D eigenvalue weighted by Crippen LogP contribution is -2.12. The summed E-state index contributed by atoms with van der Waals surface area (Å²) < 4.78 is 34.4. The third kappa shape index (κ3) is 4.12. The Kier molecular flexibility index (Phi) is 4.96. The highest BCUT2D eigenvalue weighted by Gasteiger charge is 2.16. The maximum absolute atomic E-state index is 12.3. The number of benzene rings is 2. The van der Waals surface area contributed by atoms with E-state index in [1.54, 1.807) is 41.1 Å². The number of hydrogen-bond donors (Lipinski definition) is 1. The van der Waals surface area contributed by atoms with Gasteiger partial charge in [-0.2, -0.15) is 5.10 Å². The van der Waals surface area contributed by atoms with Gasteiger partial charge in [0.2, 0.25) is 0 Å². The van der Waals surface area contributed by atoms with E-state index in [4.69, 9.17) is 16.3 Å². The van der Waals surface area contributed by atoms with Crippen LogP contribution in [-0.2, 0) is 16.6 Å². The van der Waals surface area contributed by atoms with Crippen molar-refractivity contribution in [3.8, 4) is 11.5 Å². The molecule has 3 rings (SSSR count). The molecule has 0 bridgehead atoms. The van der Waals surface area contributed by atoms with Gasteiger partial charge in [-0.25, -0.2) is 8.42 Å². The van der Waals surface area contributed by atoms with Gasteiger partial charge in [-0.1, -0.05) is 23.7 Å². The van der Waals surface area contributed by atoms with Crippen LogP contribution in [0.15, 0.2) is 65.8 Å². The van der Waals surface area contributed by atoms with E-state index in [-0.39, 0.29) is 4.90 Å². The number of hydrogen-bond acceptors (Lipinski definition) is 4. The highest BCUT2D eigenvalue weighted by atomic mass is 35.5. The summed E-state index contributed by atoms with van der Waals surface area (Å²) in [5.74, 6) is 1.08. The molecule has 0 saturated heterocycles. The highest BCUT2D eigenvalue weighted by Crippen LogP contribution is 2.29. The molecule has 130 valence electrons. The molecular formula is C17H16ClN3O3S. The van der Waals surface area contributed by atoms with Crippen molar-refractivity contribution in [3.05, 3.63) is 65.9 Å². The van der Waals surface area contributed by atoms with Crippen LogP contribution in [-0.4, -0.2) is 18.2 Å². The zero-order valence-electron chi connectivity index (χ0n) is 13.4. The smallest absolute Gasteiger partial charge is 0.265 e. The topological polar surface area (TPSA) is 73.2 Å². The van der Waals surface area contributed by atoms with Crippen LogP contribution < -0.4 is 9.46 Å². The molecule has 6 nitrogen and oxygen atoms in total. The van der Waals surface area contributed by atoms with Crippen LogP contribution in [0.4, 0.5) is 5.69 Å². The number of aryl methyl sites for hydroxylation is 1. The summed E-state index contributed by atoms with van der Waals surface area (Å²) in [6.07, 6.45) is 2.80. The zero-order valence-corrected chi connectivity index (χ0v) is 15.0. The Morgan fingerprint density at radius 1 is 1.16 bits per heavy atom. The molecule has 8 heteroatoms. The molecule has 0 aliphatic carbocycles. The number of rotatable bonds is 6. The van der Waals surface area contributed by atoms with E-state index < -0.39 is 10.0 Å². The van der Waals surface area contributed by atoms with Gasteiger partial charge in [0.1, 0.15) is 16.4 Å². The minimum atomic E-state index is -3.68. The van der Waals surface area contributed by atoms with E-state index in [0.29, 0.717) is 28.8 Å². The fourth-order valence-corrected chi connectivity index (χ4v) is 3.30. The first-order valence-corrected chi connectivity index (χ1v) is 9.42. The maximum atomic E-state index is 12.3. The SMILES string of the molecule is CCn1cc(S(=O)(=O)Nc2ccc(Oc3ccccc3Cl)cc2)cn1. The third-order valence-electron chi connectivity index (χ3n) is 3.41. The molecule has 0 spiro atoms. The predicted molar refractivity (Wildman–Crippen MR) is 96.7 cm³/mol. The number of nitrogens with zero attached hydrogens (tertiary/aromatic N) is 2. The van der Waals surface area contributed by atoms with Crippen LogP contribution in [0.2, 0.25) is 5.02 Å². The van der Waals surface area contributed by atoms with Gasteiger partial charge in [-0.15, -0.1) is 0 Å². The van der Waals surface area contributed by atoms with Crippen molar-refractivity contribution in [2.24, 2.45) is 0 Å². The van der Waals surface area contributed by atoms with E-state index in [1.807, 2.05) is 19.1 Å². The quantitative estimate of drug-likeness (QED) is 0.700. The Balaban J connectivity index is 1.73. The standard InChI is InChI=1S/C17H16ClN3O3S/c1-2-21-12-15(11-19-21)25(22,23)20-13-7-9-14(10-8-13)24-17-6-4-3-5-16(17)18/h3-12,20H,2H2,1H3. The molecule has 0 saturated carbocycles. The summed E-state index contributed by atoms with van der Waals surface area (Å²) in [6, 6.07) is 13.7. The Labute approximate surface area is 151 Å². The number of ether oxygens (including phenoxy) is 1. The first-order valence-electron chi connectivity index (χ1n) is 7.55. The minimum Gasteiger partial charge on any atom is -0.456 e. The molecule has 25 heavy (non-hydrogen) atoms. The monoisotopic (exact) mass is 377 g/mol.